The molecule has 2 aromatic rings. The molecule has 1 heterocycles. The largest absolute Gasteiger partial charge is 0.493 e. The second-order valence-corrected chi connectivity index (χ2v) is 7.63. The van der Waals surface area contributed by atoms with E-state index in [0.29, 0.717) is 34.7 Å². The third kappa shape index (κ3) is 5.35. The Balaban J connectivity index is 1.66. The Morgan fingerprint density at radius 1 is 1.37 bits per heavy atom. The summed E-state index contributed by atoms with van der Waals surface area (Å²) in [4.78, 5) is 0. The van der Waals surface area contributed by atoms with Crippen molar-refractivity contribution < 1.29 is 18.6 Å². The standard InChI is InChI=1S/C20H22BrClFNO3/c1-25-19-9-13(10-24-11-14-4-3-7-26-14)8-16(21)20(19)27-12-15-17(22)5-2-6-18(15)23/h2,5-6,8-9,14,24H,3-4,7,10-12H2,1H3/t14-/m0/s1. The minimum atomic E-state index is -0.396. The predicted octanol–water partition coefficient (Wildman–Crippen LogP) is 5.10. The van der Waals surface area contributed by atoms with Crippen molar-refractivity contribution in [2.75, 3.05) is 20.3 Å². The molecule has 1 saturated heterocycles. The van der Waals surface area contributed by atoms with E-state index in [9.17, 15) is 4.39 Å². The van der Waals surface area contributed by atoms with E-state index in [1.54, 1.807) is 19.2 Å². The van der Waals surface area contributed by atoms with Gasteiger partial charge in [-0.05, 0) is 58.6 Å². The van der Waals surface area contributed by atoms with Crippen LogP contribution in [0, 0.1) is 5.82 Å². The van der Waals surface area contributed by atoms with Crippen LogP contribution in [-0.2, 0) is 17.9 Å². The molecule has 27 heavy (non-hydrogen) atoms. The first-order valence-corrected chi connectivity index (χ1v) is 10.00. The highest BCUT2D eigenvalue weighted by molar-refractivity contribution is 9.10. The number of ether oxygens (including phenoxy) is 3. The summed E-state index contributed by atoms with van der Waals surface area (Å²) >= 11 is 9.59. The van der Waals surface area contributed by atoms with Gasteiger partial charge in [-0.3, -0.25) is 0 Å². The van der Waals surface area contributed by atoms with Gasteiger partial charge in [-0.25, -0.2) is 4.39 Å². The van der Waals surface area contributed by atoms with Crippen molar-refractivity contribution in [2.45, 2.75) is 32.1 Å². The van der Waals surface area contributed by atoms with Crippen molar-refractivity contribution >= 4 is 27.5 Å². The maximum absolute atomic E-state index is 13.9. The average Bonchev–Trinajstić information content (AvgIpc) is 3.15. The van der Waals surface area contributed by atoms with Crippen LogP contribution in [0.2, 0.25) is 5.02 Å². The van der Waals surface area contributed by atoms with Crippen LogP contribution in [0.25, 0.3) is 0 Å². The Hall–Kier alpha value is -1.34. The lowest BCUT2D eigenvalue weighted by Crippen LogP contribution is -2.25. The van der Waals surface area contributed by atoms with E-state index in [0.717, 1.165) is 36.0 Å². The van der Waals surface area contributed by atoms with Crippen molar-refractivity contribution in [2.24, 2.45) is 0 Å². The Morgan fingerprint density at radius 3 is 2.93 bits per heavy atom. The summed E-state index contributed by atoms with van der Waals surface area (Å²) in [7, 11) is 1.58. The molecule has 0 bridgehead atoms. The monoisotopic (exact) mass is 457 g/mol. The summed E-state index contributed by atoms with van der Waals surface area (Å²) in [6.45, 7) is 2.37. The molecule has 0 aromatic heterocycles. The Kier molecular flexibility index (Phi) is 7.35. The lowest BCUT2D eigenvalue weighted by molar-refractivity contribution is 0.110. The summed E-state index contributed by atoms with van der Waals surface area (Å²) < 4.78 is 31.6. The molecular weight excluding hydrogens is 437 g/mol. The number of methoxy groups -OCH3 is 1. The number of benzene rings is 2. The van der Waals surface area contributed by atoms with Gasteiger partial charge in [0.15, 0.2) is 11.5 Å². The first-order valence-electron chi connectivity index (χ1n) is 8.83. The van der Waals surface area contributed by atoms with Gasteiger partial charge in [-0.1, -0.05) is 17.7 Å². The summed E-state index contributed by atoms with van der Waals surface area (Å²) in [5.74, 6) is 0.693. The van der Waals surface area contributed by atoms with Crippen LogP contribution >= 0.6 is 27.5 Å². The quantitative estimate of drug-likeness (QED) is 0.597. The minimum Gasteiger partial charge on any atom is -0.493 e. The van der Waals surface area contributed by atoms with E-state index in [1.807, 2.05) is 12.1 Å². The van der Waals surface area contributed by atoms with Crippen LogP contribution in [-0.4, -0.2) is 26.4 Å². The number of hydrogen-bond acceptors (Lipinski definition) is 4. The molecule has 0 radical (unpaired) electrons. The number of halogens is 3. The molecule has 1 atom stereocenters. The molecule has 4 nitrogen and oxygen atoms in total. The third-order valence-corrected chi connectivity index (χ3v) is 5.38. The van der Waals surface area contributed by atoms with Crippen LogP contribution in [0.4, 0.5) is 4.39 Å². The van der Waals surface area contributed by atoms with Gasteiger partial charge in [0.2, 0.25) is 0 Å². The molecule has 1 fully saturated rings. The maximum atomic E-state index is 13.9. The summed E-state index contributed by atoms with van der Waals surface area (Å²) in [5, 5.41) is 3.74. The van der Waals surface area contributed by atoms with E-state index in [-0.39, 0.29) is 6.61 Å². The zero-order valence-corrected chi connectivity index (χ0v) is 17.4. The fourth-order valence-corrected chi connectivity index (χ4v) is 3.83. The molecule has 0 amide bonds. The highest BCUT2D eigenvalue weighted by Crippen LogP contribution is 2.37. The van der Waals surface area contributed by atoms with E-state index in [1.165, 1.54) is 6.07 Å². The van der Waals surface area contributed by atoms with Crippen LogP contribution < -0.4 is 14.8 Å². The smallest absolute Gasteiger partial charge is 0.175 e. The number of rotatable bonds is 8. The van der Waals surface area contributed by atoms with Crippen molar-refractivity contribution in [3.05, 3.63) is 56.8 Å². The van der Waals surface area contributed by atoms with Gasteiger partial charge >= 0.3 is 0 Å². The Morgan fingerprint density at radius 2 is 2.22 bits per heavy atom. The molecule has 3 rings (SSSR count). The fraction of sp³-hybridized carbons (Fsp3) is 0.400. The number of nitrogens with one attached hydrogen (secondary N) is 1. The average molecular weight is 459 g/mol. The summed E-state index contributed by atoms with van der Waals surface area (Å²) in [6.07, 6.45) is 2.53. The van der Waals surface area contributed by atoms with Crippen molar-refractivity contribution in [1.82, 2.24) is 5.32 Å². The summed E-state index contributed by atoms with van der Waals surface area (Å²) in [5.41, 5.74) is 1.36. The molecule has 2 aromatic carbocycles. The first kappa shape index (κ1) is 20.4. The first-order chi connectivity index (χ1) is 13.1. The second kappa shape index (κ2) is 9.73. The predicted molar refractivity (Wildman–Crippen MR) is 107 cm³/mol. The highest BCUT2D eigenvalue weighted by Gasteiger charge is 2.16. The van der Waals surface area contributed by atoms with Gasteiger partial charge in [0.1, 0.15) is 12.4 Å². The maximum Gasteiger partial charge on any atom is 0.175 e. The van der Waals surface area contributed by atoms with Gasteiger partial charge in [-0.2, -0.15) is 0 Å². The topological polar surface area (TPSA) is 39.7 Å². The normalized spacial score (nSPS) is 16.5. The van der Waals surface area contributed by atoms with Crippen LogP contribution in [0.15, 0.2) is 34.8 Å². The molecule has 0 spiro atoms. The van der Waals surface area contributed by atoms with Crippen LogP contribution in [0.1, 0.15) is 24.0 Å². The summed E-state index contributed by atoms with van der Waals surface area (Å²) in [6, 6.07) is 8.43. The molecule has 146 valence electrons. The lowest BCUT2D eigenvalue weighted by atomic mass is 10.2. The van der Waals surface area contributed by atoms with Gasteiger partial charge in [0.05, 0.1) is 22.7 Å². The number of hydrogen-bond donors (Lipinski definition) is 1. The van der Waals surface area contributed by atoms with Gasteiger partial charge in [0, 0.05) is 25.3 Å². The third-order valence-electron chi connectivity index (χ3n) is 4.44. The molecule has 0 aliphatic carbocycles. The molecule has 1 aliphatic rings. The van der Waals surface area contributed by atoms with Crippen molar-refractivity contribution in [1.29, 1.82) is 0 Å². The van der Waals surface area contributed by atoms with Gasteiger partial charge in [0.25, 0.3) is 0 Å². The zero-order chi connectivity index (χ0) is 19.2. The van der Waals surface area contributed by atoms with E-state index in [4.69, 9.17) is 25.8 Å². The fourth-order valence-electron chi connectivity index (χ4n) is 3.01. The molecular formula is C20H22BrClFNO3. The van der Waals surface area contributed by atoms with Crippen molar-refractivity contribution in [3.8, 4) is 11.5 Å². The van der Waals surface area contributed by atoms with Crippen LogP contribution in [0.3, 0.4) is 0 Å². The molecule has 7 heteroatoms. The molecule has 1 aliphatic heterocycles. The SMILES string of the molecule is COc1cc(CNC[C@@H]2CCCO2)cc(Br)c1OCc1c(F)cccc1Cl. The Bertz CT molecular complexity index is 764. The van der Waals surface area contributed by atoms with Crippen LogP contribution in [0.5, 0.6) is 11.5 Å². The van der Waals surface area contributed by atoms with E-state index < -0.39 is 5.82 Å². The minimum absolute atomic E-state index is 0.0110. The Labute approximate surface area is 172 Å². The van der Waals surface area contributed by atoms with Gasteiger partial charge < -0.3 is 19.5 Å². The zero-order valence-electron chi connectivity index (χ0n) is 15.1. The van der Waals surface area contributed by atoms with E-state index in [2.05, 4.69) is 21.2 Å². The molecule has 0 unspecified atom stereocenters. The lowest BCUT2D eigenvalue weighted by Gasteiger charge is -2.16. The van der Waals surface area contributed by atoms with E-state index >= 15 is 0 Å². The molecule has 0 saturated carbocycles. The van der Waals surface area contributed by atoms with Crippen molar-refractivity contribution in [3.63, 3.8) is 0 Å². The van der Waals surface area contributed by atoms with Gasteiger partial charge in [-0.15, -0.1) is 0 Å². The highest BCUT2D eigenvalue weighted by atomic mass is 79.9. The molecule has 1 N–H and O–H groups in total. The second-order valence-electron chi connectivity index (χ2n) is 6.36.